The van der Waals surface area contributed by atoms with Gasteiger partial charge in [0.15, 0.2) is 0 Å². The molecule has 1 aliphatic carbocycles. The van der Waals surface area contributed by atoms with Crippen LogP contribution in [0.5, 0.6) is 0 Å². The lowest BCUT2D eigenvalue weighted by molar-refractivity contribution is -0.130. The Hall–Kier alpha value is -2.28. The van der Waals surface area contributed by atoms with Gasteiger partial charge in [-0.2, -0.15) is 0 Å². The molecule has 4 fully saturated rings. The second kappa shape index (κ2) is 7.62. The molecule has 3 aliphatic heterocycles. The van der Waals surface area contributed by atoms with Gasteiger partial charge in [-0.1, -0.05) is 18.6 Å². The van der Waals surface area contributed by atoms with Crippen molar-refractivity contribution in [3.05, 3.63) is 36.2 Å². The van der Waals surface area contributed by atoms with Gasteiger partial charge in [-0.3, -0.25) is 9.69 Å². The molecule has 4 heterocycles. The number of rotatable bonds is 5. The molecule has 148 valence electrons. The summed E-state index contributed by atoms with van der Waals surface area (Å²) in [6.07, 6.45) is 8.77. The topological polar surface area (TPSA) is 67.2 Å². The highest BCUT2D eigenvalue weighted by Crippen LogP contribution is 2.33. The summed E-state index contributed by atoms with van der Waals surface area (Å²) in [4.78, 5) is 17.9. The van der Waals surface area contributed by atoms with E-state index < -0.39 is 0 Å². The predicted octanol–water partition coefficient (Wildman–Crippen LogP) is 1.93. The van der Waals surface area contributed by atoms with Gasteiger partial charge < -0.3 is 4.90 Å². The maximum Gasteiger partial charge on any atom is 0.227 e. The van der Waals surface area contributed by atoms with Gasteiger partial charge in [0.2, 0.25) is 5.91 Å². The van der Waals surface area contributed by atoms with E-state index in [1.165, 1.54) is 45.2 Å². The zero-order valence-corrected chi connectivity index (χ0v) is 16.3. The number of hydrogen-bond donors (Lipinski definition) is 0. The SMILES string of the molecule is O=C(Cc1ccc(-n2cnnn2)cc1)N1C[C@@H]2CC[C@H](C1)N(CC1CCC1)C2. The number of amides is 1. The Morgan fingerprint density at radius 3 is 2.61 bits per heavy atom. The average Bonchev–Trinajstić information content (AvgIpc) is 3.06. The number of carbonyl (C=O) groups excluding carboxylic acids is 1. The highest BCUT2D eigenvalue weighted by Gasteiger charge is 2.37. The highest BCUT2D eigenvalue weighted by atomic mass is 16.2. The van der Waals surface area contributed by atoms with E-state index in [9.17, 15) is 4.79 Å². The van der Waals surface area contributed by atoms with Crippen LogP contribution < -0.4 is 0 Å². The molecule has 0 spiro atoms. The van der Waals surface area contributed by atoms with Crippen molar-refractivity contribution >= 4 is 5.91 Å². The quantitative estimate of drug-likeness (QED) is 0.793. The molecular formula is C21H28N6O. The van der Waals surface area contributed by atoms with Gasteiger partial charge in [0.25, 0.3) is 0 Å². The summed E-state index contributed by atoms with van der Waals surface area (Å²) < 4.78 is 1.62. The summed E-state index contributed by atoms with van der Waals surface area (Å²) in [6.45, 7) is 4.28. The van der Waals surface area contributed by atoms with Crippen molar-refractivity contribution in [2.24, 2.45) is 11.8 Å². The first-order valence-corrected chi connectivity index (χ1v) is 10.6. The van der Waals surface area contributed by atoms with Gasteiger partial charge in [-0.15, -0.1) is 5.10 Å². The van der Waals surface area contributed by atoms with Crippen molar-refractivity contribution in [1.82, 2.24) is 30.0 Å². The summed E-state index contributed by atoms with van der Waals surface area (Å²) >= 11 is 0. The summed E-state index contributed by atoms with van der Waals surface area (Å²) in [5.74, 6) is 1.81. The molecule has 2 aromatic rings. The molecule has 0 radical (unpaired) electrons. The zero-order chi connectivity index (χ0) is 18.9. The molecule has 4 aliphatic rings. The molecule has 0 unspecified atom stereocenters. The number of piperidine rings is 1. The summed E-state index contributed by atoms with van der Waals surface area (Å²) in [7, 11) is 0. The minimum Gasteiger partial charge on any atom is -0.341 e. The first kappa shape index (κ1) is 17.8. The summed E-state index contributed by atoms with van der Waals surface area (Å²) in [5.41, 5.74) is 1.95. The van der Waals surface area contributed by atoms with Crippen LogP contribution >= 0.6 is 0 Å². The molecule has 1 saturated carbocycles. The van der Waals surface area contributed by atoms with Crippen molar-refractivity contribution < 1.29 is 4.79 Å². The average molecular weight is 380 g/mol. The Bertz CT molecular complexity index is 801. The molecule has 3 saturated heterocycles. The van der Waals surface area contributed by atoms with Crippen LogP contribution in [0.15, 0.2) is 30.6 Å². The van der Waals surface area contributed by atoms with E-state index in [1.807, 2.05) is 24.3 Å². The molecule has 2 atom stereocenters. The first-order valence-electron chi connectivity index (χ1n) is 10.6. The molecule has 1 amide bonds. The lowest BCUT2D eigenvalue weighted by Gasteiger charge is -2.40. The van der Waals surface area contributed by atoms with Crippen LogP contribution in [0.4, 0.5) is 0 Å². The van der Waals surface area contributed by atoms with Crippen LogP contribution in [-0.2, 0) is 11.2 Å². The standard InChI is InChI=1S/C21H28N6O/c28-21(10-16-4-7-19(8-5-16)27-15-22-23-24-27)26-13-18-6-9-20(14-26)25(12-18)11-17-2-1-3-17/h4-5,7-8,15,17-18,20H,1-3,6,9-14H2/t18-,20-/m1/s1. The first-order chi connectivity index (χ1) is 13.7. The van der Waals surface area contributed by atoms with Crippen LogP contribution in [0.1, 0.15) is 37.7 Å². The third-order valence-corrected chi connectivity index (χ3v) is 6.80. The lowest BCUT2D eigenvalue weighted by Crippen LogP contribution is -2.47. The van der Waals surface area contributed by atoms with Gasteiger partial charge in [-0.05, 0) is 65.6 Å². The van der Waals surface area contributed by atoms with E-state index in [1.54, 1.807) is 11.0 Å². The molecule has 1 aromatic heterocycles. The molecule has 1 aromatic carbocycles. The van der Waals surface area contributed by atoms with E-state index in [0.29, 0.717) is 18.4 Å². The Labute approximate surface area is 165 Å². The number of benzene rings is 1. The van der Waals surface area contributed by atoms with Gasteiger partial charge >= 0.3 is 0 Å². The van der Waals surface area contributed by atoms with Crippen molar-refractivity contribution in [3.63, 3.8) is 0 Å². The normalized spacial score (nSPS) is 25.5. The third-order valence-electron chi connectivity index (χ3n) is 6.80. The van der Waals surface area contributed by atoms with E-state index in [2.05, 4.69) is 25.3 Å². The van der Waals surface area contributed by atoms with Crippen LogP contribution in [0.2, 0.25) is 0 Å². The minimum atomic E-state index is 0.262. The Morgan fingerprint density at radius 2 is 1.89 bits per heavy atom. The Kier molecular flexibility index (Phi) is 4.84. The van der Waals surface area contributed by atoms with Gasteiger partial charge in [-0.25, -0.2) is 4.68 Å². The second-order valence-corrected chi connectivity index (χ2v) is 8.74. The molecule has 0 N–H and O–H groups in total. The van der Waals surface area contributed by atoms with Crippen LogP contribution in [0.3, 0.4) is 0 Å². The molecule has 6 rings (SSSR count). The fourth-order valence-corrected chi connectivity index (χ4v) is 4.95. The molecule has 28 heavy (non-hydrogen) atoms. The van der Waals surface area contributed by atoms with Crippen molar-refractivity contribution in [2.45, 2.75) is 44.6 Å². The fourth-order valence-electron chi connectivity index (χ4n) is 4.95. The Morgan fingerprint density at radius 1 is 1.04 bits per heavy atom. The van der Waals surface area contributed by atoms with Crippen LogP contribution in [-0.4, -0.2) is 68.1 Å². The number of carbonyl (C=O) groups is 1. The smallest absolute Gasteiger partial charge is 0.227 e. The van der Waals surface area contributed by atoms with Gasteiger partial charge in [0.1, 0.15) is 6.33 Å². The summed E-state index contributed by atoms with van der Waals surface area (Å²) in [5, 5.41) is 11.2. The molecule has 7 heteroatoms. The molecule has 2 bridgehead atoms. The predicted molar refractivity (Wildman–Crippen MR) is 105 cm³/mol. The zero-order valence-electron chi connectivity index (χ0n) is 16.3. The number of tetrazole rings is 1. The van der Waals surface area contributed by atoms with E-state index in [-0.39, 0.29) is 5.91 Å². The minimum absolute atomic E-state index is 0.262. The van der Waals surface area contributed by atoms with E-state index in [4.69, 9.17) is 0 Å². The van der Waals surface area contributed by atoms with E-state index in [0.717, 1.165) is 30.3 Å². The number of aromatic nitrogens is 4. The Balaban J connectivity index is 1.22. The molecular weight excluding hydrogens is 352 g/mol. The van der Waals surface area contributed by atoms with Gasteiger partial charge in [0, 0.05) is 32.2 Å². The van der Waals surface area contributed by atoms with Crippen molar-refractivity contribution in [1.29, 1.82) is 0 Å². The van der Waals surface area contributed by atoms with Gasteiger partial charge in [0.05, 0.1) is 12.1 Å². The molecule has 7 nitrogen and oxygen atoms in total. The number of fused-ring (bicyclic) bond motifs is 4. The number of nitrogens with zero attached hydrogens (tertiary/aromatic N) is 6. The second-order valence-electron chi connectivity index (χ2n) is 8.74. The van der Waals surface area contributed by atoms with Crippen molar-refractivity contribution in [2.75, 3.05) is 26.2 Å². The summed E-state index contributed by atoms with van der Waals surface area (Å²) in [6, 6.07) is 8.50. The van der Waals surface area contributed by atoms with E-state index >= 15 is 0 Å². The monoisotopic (exact) mass is 380 g/mol. The lowest BCUT2D eigenvalue weighted by atomic mass is 9.83. The fraction of sp³-hybridized carbons (Fsp3) is 0.619. The van der Waals surface area contributed by atoms with Crippen LogP contribution in [0, 0.1) is 11.8 Å². The third kappa shape index (κ3) is 3.68. The maximum atomic E-state index is 13.0. The van der Waals surface area contributed by atoms with Crippen molar-refractivity contribution in [3.8, 4) is 5.69 Å². The number of hydrogen-bond acceptors (Lipinski definition) is 5. The maximum absolute atomic E-state index is 13.0. The van der Waals surface area contributed by atoms with Crippen LogP contribution in [0.25, 0.3) is 5.69 Å². The highest BCUT2D eigenvalue weighted by molar-refractivity contribution is 5.79. The largest absolute Gasteiger partial charge is 0.341 e.